The van der Waals surface area contributed by atoms with Crippen LogP contribution in [0.15, 0.2) is 30.3 Å². The molecule has 0 radical (unpaired) electrons. The minimum Gasteiger partial charge on any atom is -0.355 e. The highest BCUT2D eigenvalue weighted by atomic mass is 35.5. The molecule has 1 aromatic rings. The Morgan fingerprint density at radius 1 is 1.25 bits per heavy atom. The van der Waals surface area contributed by atoms with Crippen LogP contribution in [-0.2, 0) is 14.8 Å². The molecule has 8 heteroatoms. The van der Waals surface area contributed by atoms with E-state index in [-0.39, 0.29) is 43.9 Å². The maximum absolute atomic E-state index is 11.6. The van der Waals surface area contributed by atoms with Crippen molar-refractivity contribution in [3.8, 4) is 0 Å². The molecule has 0 aromatic heterocycles. The van der Waals surface area contributed by atoms with E-state index in [0.29, 0.717) is 0 Å². The molecule has 0 aliphatic carbocycles. The lowest BCUT2D eigenvalue weighted by molar-refractivity contribution is -0.121. The first-order chi connectivity index (χ1) is 8.88. The van der Waals surface area contributed by atoms with Crippen LogP contribution >= 0.6 is 12.4 Å². The summed E-state index contributed by atoms with van der Waals surface area (Å²) >= 11 is 0. The molecule has 1 unspecified atom stereocenters. The van der Waals surface area contributed by atoms with Gasteiger partial charge in [0.15, 0.2) is 0 Å². The molecule has 1 aromatic carbocycles. The van der Waals surface area contributed by atoms with Gasteiger partial charge in [0.05, 0.1) is 6.26 Å². The number of benzene rings is 1. The lowest BCUT2D eigenvalue weighted by atomic mass is 10.0. The molecule has 0 spiro atoms. The lowest BCUT2D eigenvalue weighted by Crippen LogP contribution is -2.35. The second-order valence-corrected chi connectivity index (χ2v) is 6.07. The fourth-order valence-corrected chi connectivity index (χ4v) is 2.00. The fourth-order valence-electron chi connectivity index (χ4n) is 1.53. The van der Waals surface area contributed by atoms with E-state index in [4.69, 9.17) is 5.73 Å². The van der Waals surface area contributed by atoms with Crippen LogP contribution in [0.1, 0.15) is 18.0 Å². The largest absolute Gasteiger partial charge is 0.355 e. The van der Waals surface area contributed by atoms with Gasteiger partial charge in [-0.15, -0.1) is 12.4 Å². The van der Waals surface area contributed by atoms with Crippen LogP contribution in [0.3, 0.4) is 0 Å². The number of halogens is 1. The Labute approximate surface area is 125 Å². The summed E-state index contributed by atoms with van der Waals surface area (Å²) < 4.78 is 23.9. The van der Waals surface area contributed by atoms with Gasteiger partial charge in [-0.25, -0.2) is 13.1 Å². The van der Waals surface area contributed by atoms with Crippen molar-refractivity contribution in [3.63, 3.8) is 0 Å². The van der Waals surface area contributed by atoms with Crippen molar-refractivity contribution >= 4 is 28.3 Å². The van der Waals surface area contributed by atoms with Crippen molar-refractivity contribution in [2.75, 3.05) is 19.3 Å². The first-order valence-corrected chi connectivity index (χ1v) is 7.79. The molecule has 20 heavy (non-hydrogen) atoms. The summed E-state index contributed by atoms with van der Waals surface area (Å²) in [6.07, 6.45) is 1.24. The highest BCUT2D eigenvalue weighted by Gasteiger charge is 2.10. The fraction of sp³-hybridized carbons (Fsp3) is 0.417. The zero-order valence-corrected chi connectivity index (χ0v) is 12.8. The molecule has 4 N–H and O–H groups in total. The molecule has 114 valence electrons. The molecule has 0 fully saturated rings. The Balaban J connectivity index is 0.00000361. The van der Waals surface area contributed by atoms with Crippen LogP contribution in [0.2, 0.25) is 0 Å². The van der Waals surface area contributed by atoms with E-state index in [0.717, 1.165) is 11.8 Å². The summed E-state index contributed by atoms with van der Waals surface area (Å²) in [5, 5.41) is 2.61. The van der Waals surface area contributed by atoms with E-state index < -0.39 is 10.0 Å². The zero-order chi connectivity index (χ0) is 14.3. The monoisotopic (exact) mass is 321 g/mol. The van der Waals surface area contributed by atoms with E-state index in [1.54, 1.807) is 0 Å². The molecular formula is C12H20ClN3O3S. The number of nitrogens with one attached hydrogen (secondary N) is 2. The second kappa shape index (κ2) is 8.91. The average molecular weight is 322 g/mol. The number of sulfonamides is 1. The first kappa shape index (κ1) is 18.9. The van der Waals surface area contributed by atoms with Gasteiger partial charge in [0.2, 0.25) is 15.9 Å². The van der Waals surface area contributed by atoms with Crippen LogP contribution < -0.4 is 15.8 Å². The molecule has 0 bridgehead atoms. The normalized spacial score (nSPS) is 12.3. The van der Waals surface area contributed by atoms with Crippen molar-refractivity contribution in [2.24, 2.45) is 5.73 Å². The van der Waals surface area contributed by atoms with E-state index >= 15 is 0 Å². The Hall–Kier alpha value is -1.15. The third-order valence-electron chi connectivity index (χ3n) is 2.44. The molecule has 0 aliphatic rings. The van der Waals surface area contributed by atoms with Crippen LogP contribution in [0, 0.1) is 0 Å². The van der Waals surface area contributed by atoms with Gasteiger partial charge in [-0.05, 0) is 5.56 Å². The standard InChI is InChI=1S/C12H19N3O3S.ClH/c1-19(17,18)15-8-7-14-12(16)9-11(13)10-5-3-2-4-6-10;/h2-6,11,15H,7-9,13H2,1H3,(H,14,16);1H. The van der Waals surface area contributed by atoms with Crippen molar-refractivity contribution < 1.29 is 13.2 Å². The van der Waals surface area contributed by atoms with E-state index in [1.807, 2.05) is 30.3 Å². The number of hydrogen-bond donors (Lipinski definition) is 3. The molecular weight excluding hydrogens is 302 g/mol. The Morgan fingerprint density at radius 3 is 2.40 bits per heavy atom. The van der Waals surface area contributed by atoms with Gasteiger partial charge < -0.3 is 11.1 Å². The predicted molar refractivity (Wildman–Crippen MR) is 81.1 cm³/mol. The number of amides is 1. The van der Waals surface area contributed by atoms with Gasteiger partial charge in [0.1, 0.15) is 0 Å². The summed E-state index contributed by atoms with van der Waals surface area (Å²) in [4.78, 5) is 11.6. The average Bonchev–Trinajstić information content (AvgIpc) is 2.34. The number of carbonyl (C=O) groups excluding carboxylic acids is 1. The van der Waals surface area contributed by atoms with E-state index in [1.165, 1.54) is 0 Å². The third kappa shape index (κ3) is 8.11. The predicted octanol–water partition coefficient (Wildman–Crippen LogP) is 0.164. The van der Waals surface area contributed by atoms with Crippen LogP contribution in [0.25, 0.3) is 0 Å². The Bertz CT molecular complexity index is 508. The molecule has 0 saturated heterocycles. The molecule has 0 aliphatic heterocycles. The van der Waals surface area contributed by atoms with Gasteiger partial charge in [0.25, 0.3) is 0 Å². The summed E-state index contributed by atoms with van der Waals surface area (Å²) in [5.41, 5.74) is 6.79. The van der Waals surface area contributed by atoms with E-state index in [9.17, 15) is 13.2 Å². The minimum absolute atomic E-state index is 0. The molecule has 1 amide bonds. The molecule has 1 rings (SSSR count). The van der Waals surface area contributed by atoms with Gasteiger partial charge in [-0.3, -0.25) is 4.79 Å². The van der Waals surface area contributed by atoms with Crippen LogP contribution in [0.5, 0.6) is 0 Å². The maximum Gasteiger partial charge on any atom is 0.221 e. The van der Waals surface area contributed by atoms with Crippen LogP contribution in [-0.4, -0.2) is 33.7 Å². The third-order valence-corrected chi connectivity index (χ3v) is 3.17. The molecule has 0 heterocycles. The molecule has 0 saturated carbocycles. The van der Waals surface area contributed by atoms with Gasteiger partial charge in [0, 0.05) is 25.6 Å². The van der Waals surface area contributed by atoms with Crippen molar-refractivity contribution in [3.05, 3.63) is 35.9 Å². The SMILES string of the molecule is CS(=O)(=O)NCCNC(=O)CC(N)c1ccccc1.Cl. The number of nitrogens with two attached hydrogens (primary N) is 1. The number of rotatable bonds is 7. The van der Waals surface area contributed by atoms with Gasteiger partial charge in [-0.1, -0.05) is 30.3 Å². The van der Waals surface area contributed by atoms with Crippen molar-refractivity contribution in [2.45, 2.75) is 12.5 Å². The van der Waals surface area contributed by atoms with E-state index in [2.05, 4.69) is 10.0 Å². The topological polar surface area (TPSA) is 101 Å². The summed E-state index contributed by atoms with van der Waals surface area (Å²) in [6, 6.07) is 8.98. The molecule has 6 nitrogen and oxygen atoms in total. The van der Waals surface area contributed by atoms with Crippen LogP contribution in [0.4, 0.5) is 0 Å². The Morgan fingerprint density at radius 2 is 1.85 bits per heavy atom. The summed E-state index contributed by atoms with van der Waals surface area (Å²) in [5.74, 6) is -0.202. The number of carbonyl (C=O) groups is 1. The molecule has 1 atom stereocenters. The van der Waals surface area contributed by atoms with Crippen molar-refractivity contribution in [1.29, 1.82) is 0 Å². The Kier molecular flexibility index (Phi) is 8.40. The first-order valence-electron chi connectivity index (χ1n) is 5.90. The van der Waals surface area contributed by atoms with Crippen molar-refractivity contribution in [1.82, 2.24) is 10.0 Å². The lowest BCUT2D eigenvalue weighted by Gasteiger charge is -2.12. The smallest absolute Gasteiger partial charge is 0.221 e. The quantitative estimate of drug-likeness (QED) is 0.623. The number of hydrogen-bond acceptors (Lipinski definition) is 4. The van der Waals surface area contributed by atoms with Gasteiger partial charge in [-0.2, -0.15) is 0 Å². The summed E-state index contributed by atoms with van der Waals surface area (Å²) in [7, 11) is -3.21. The maximum atomic E-state index is 11.6. The van der Waals surface area contributed by atoms with Gasteiger partial charge >= 0.3 is 0 Å². The second-order valence-electron chi connectivity index (χ2n) is 4.24. The highest BCUT2D eigenvalue weighted by Crippen LogP contribution is 2.12. The zero-order valence-electron chi connectivity index (χ0n) is 11.2. The minimum atomic E-state index is -3.21. The highest BCUT2D eigenvalue weighted by molar-refractivity contribution is 7.88. The summed E-state index contributed by atoms with van der Waals surface area (Å²) in [6.45, 7) is 0.415.